The van der Waals surface area contributed by atoms with Crippen molar-refractivity contribution in [1.82, 2.24) is 15.2 Å². The van der Waals surface area contributed by atoms with E-state index in [4.69, 9.17) is 23.2 Å². The second kappa shape index (κ2) is 8.03. The summed E-state index contributed by atoms with van der Waals surface area (Å²) < 4.78 is 1.60. The van der Waals surface area contributed by atoms with E-state index in [1.54, 1.807) is 47.3 Å². The van der Waals surface area contributed by atoms with Crippen LogP contribution in [-0.4, -0.2) is 27.0 Å². The number of hydrazone groups is 1. The minimum atomic E-state index is -0.442. The molecule has 0 bridgehead atoms. The number of amides is 1. The summed E-state index contributed by atoms with van der Waals surface area (Å²) in [6, 6.07) is 13.3. The predicted molar refractivity (Wildman–Crippen MR) is 101 cm³/mol. The van der Waals surface area contributed by atoms with Crippen molar-refractivity contribution in [3.8, 4) is 5.75 Å². The number of benzene rings is 2. The van der Waals surface area contributed by atoms with Gasteiger partial charge in [0.25, 0.3) is 5.91 Å². The van der Waals surface area contributed by atoms with E-state index in [-0.39, 0.29) is 11.4 Å². The maximum atomic E-state index is 12.1. The summed E-state index contributed by atoms with van der Waals surface area (Å²) in [7, 11) is 0. The van der Waals surface area contributed by atoms with Gasteiger partial charge in [0.1, 0.15) is 5.75 Å². The Morgan fingerprint density at radius 1 is 1.23 bits per heavy atom. The Labute approximate surface area is 159 Å². The van der Waals surface area contributed by atoms with E-state index in [0.717, 1.165) is 5.56 Å². The minimum absolute atomic E-state index is 0.125. The van der Waals surface area contributed by atoms with Crippen LogP contribution in [0.5, 0.6) is 5.75 Å². The van der Waals surface area contributed by atoms with Gasteiger partial charge in [0.15, 0.2) is 5.69 Å². The molecule has 0 aliphatic rings. The molecule has 1 heterocycles. The van der Waals surface area contributed by atoms with Crippen LogP contribution in [0.25, 0.3) is 0 Å². The molecule has 3 aromatic rings. The molecule has 0 saturated carbocycles. The summed E-state index contributed by atoms with van der Waals surface area (Å²) in [6.07, 6.45) is 3.11. The average Bonchev–Trinajstić information content (AvgIpc) is 3.06. The van der Waals surface area contributed by atoms with Crippen LogP contribution in [0, 0.1) is 0 Å². The van der Waals surface area contributed by atoms with Crippen LogP contribution >= 0.6 is 23.2 Å². The van der Waals surface area contributed by atoms with Crippen LogP contribution in [0.4, 0.5) is 0 Å². The molecular formula is C18H14Cl2N4O2. The van der Waals surface area contributed by atoms with Crippen molar-refractivity contribution in [1.29, 1.82) is 0 Å². The Balaban J connectivity index is 1.62. The highest BCUT2D eigenvalue weighted by Gasteiger charge is 2.10. The first kappa shape index (κ1) is 18.0. The first-order valence-corrected chi connectivity index (χ1v) is 8.37. The molecule has 0 spiro atoms. The molecule has 0 atom stereocenters. The molecule has 26 heavy (non-hydrogen) atoms. The first-order valence-electron chi connectivity index (χ1n) is 7.61. The van der Waals surface area contributed by atoms with E-state index in [1.807, 2.05) is 6.07 Å². The molecule has 0 unspecified atom stereocenters. The molecule has 3 rings (SSSR count). The normalized spacial score (nSPS) is 11.0. The molecule has 6 nitrogen and oxygen atoms in total. The average molecular weight is 389 g/mol. The van der Waals surface area contributed by atoms with Crippen molar-refractivity contribution < 1.29 is 9.90 Å². The number of rotatable bonds is 5. The van der Waals surface area contributed by atoms with Gasteiger partial charge in [-0.3, -0.25) is 9.48 Å². The lowest BCUT2D eigenvalue weighted by Gasteiger charge is -2.05. The van der Waals surface area contributed by atoms with Crippen molar-refractivity contribution in [3.63, 3.8) is 0 Å². The van der Waals surface area contributed by atoms with Crippen molar-refractivity contribution in [2.45, 2.75) is 6.54 Å². The zero-order chi connectivity index (χ0) is 18.5. The van der Waals surface area contributed by atoms with E-state index in [2.05, 4.69) is 15.6 Å². The van der Waals surface area contributed by atoms with Gasteiger partial charge in [-0.25, -0.2) is 5.43 Å². The predicted octanol–water partition coefficient (Wildman–Crippen LogP) is 3.71. The van der Waals surface area contributed by atoms with Gasteiger partial charge in [0, 0.05) is 16.2 Å². The van der Waals surface area contributed by atoms with Crippen molar-refractivity contribution in [2.24, 2.45) is 5.10 Å². The minimum Gasteiger partial charge on any atom is -0.508 e. The van der Waals surface area contributed by atoms with Gasteiger partial charge in [0.2, 0.25) is 0 Å². The monoisotopic (exact) mass is 388 g/mol. The number of carbonyl (C=O) groups excluding carboxylic acids is 1. The quantitative estimate of drug-likeness (QED) is 0.516. The molecule has 0 aliphatic carbocycles. The third-order valence-corrected chi connectivity index (χ3v) is 4.06. The molecule has 0 radical (unpaired) electrons. The van der Waals surface area contributed by atoms with Gasteiger partial charge in [-0.15, -0.1) is 0 Å². The van der Waals surface area contributed by atoms with Crippen molar-refractivity contribution >= 4 is 35.3 Å². The highest BCUT2D eigenvalue weighted by atomic mass is 35.5. The van der Waals surface area contributed by atoms with E-state index in [0.29, 0.717) is 22.2 Å². The summed E-state index contributed by atoms with van der Waals surface area (Å²) in [6.45, 7) is 0.413. The topological polar surface area (TPSA) is 79.5 Å². The summed E-state index contributed by atoms with van der Waals surface area (Å²) in [5.41, 5.74) is 4.12. The lowest BCUT2D eigenvalue weighted by atomic mass is 10.2. The van der Waals surface area contributed by atoms with Crippen molar-refractivity contribution in [3.05, 3.63) is 81.6 Å². The van der Waals surface area contributed by atoms with Crippen LogP contribution in [0.2, 0.25) is 10.0 Å². The third kappa shape index (κ3) is 4.62. The summed E-state index contributed by atoms with van der Waals surface area (Å²) in [5.74, 6) is -0.317. The zero-order valence-corrected chi connectivity index (χ0v) is 14.9. The summed E-state index contributed by atoms with van der Waals surface area (Å²) >= 11 is 12.0. The molecule has 2 N–H and O–H groups in total. The Hall–Kier alpha value is -2.83. The lowest BCUT2D eigenvalue weighted by Crippen LogP contribution is -2.18. The molecule has 1 amide bonds. The maximum Gasteiger partial charge on any atom is 0.291 e. The number of carbonyl (C=O) groups is 1. The van der Waals surface area contributed by atoms with E-state index in [1.165, 1.54) is 12.3 Å². The number of aromatic hydroxyl groups is 1. The highest BCUT2D eigenvalue weighted by molar-refractivity contribution is 6.35. The van der Waals surface area contributed by atoms with Gasteiger partial charge in [-0.05, 0) is 41.5 Å². The first-order chi connectivity index (χ1) is 12.5. The second-order valence-corrected chi connectivity index (χ2v) is 6.27. The number of phenolic OH excluding ortho intramolecular Hbond substituents is 1. The molecule has 0 fully saturated rings. The van der Waals surface area contributed by atoms with Gasteiger partial charge in [-0.1, -0.05) is 41.4 Å². The van der Waals surface area contributed by atoms with Gasteiger partial charge in [-0.2, -0.15) is 10.2 Å². The molecule has 0 aliphatic heterocycles. The Bertz CT molecular complexity index is 969. The number of halogens is 2. The fourth-order valence-corrected chi connectivity index (χ4v) is 2.69. The maximum absolute atomic E-state index is 12.1. The molecular weight excluding hydrogens is 375 g/mol. The second-order valence-electron chi connectivity index (χ2n) is 5.43. The molecule has 0 saturated heterocycles. The SMILES string of the molecule is O=C(N/N=C/c1cccc(O)c1)c1ccn(Cc2ccc(Cl)cc2Cl)n1. The third-order valence-electron chi connectivity index (χ3n) is 3.47. The van der Waals surface area contributed by atoms with Crippen LogP contribution in [-0.2, 0) is 6.54 Å². The molecule has 1 aromatic heterocycles. The largest absolute Gasteiger partial charge is 0.508 e. The number of aromatic nitrogens is 2. The fraction of sp³-hybridized carbons (Fsp3) is 0.0556. The van der Waals surface area contributed by atoms with Gasteiger partial charge >= 0.3 is 0 Å². The molecule has 8 heteroatoms. The Morgan fingerprint density at radius 3 is 2.85 bits per heavy atom. The number of hydrogen-bond donors (Lipinski definition) is 2. The van der Waals surface area contributed by atoms with Gasteiger partial charge < -0.3 is 5.11 Å². The summed E-state index contributed by atoms with van der Waals surface area (Å²) in [5, 5.41) is 18.5. The zero-order valence-electron chi connectivity index (χ0n) is 13.4. The van der Waals surface area contributed by atoms with Crippen molar-refractivity contribution in [2.75, 3.05) is 0 Å². The van der Waals surface area contributed by atoms with E-state index in [9.17, 15) is 9.90 Å². The molecule has 2 aromatic carbocycles. The van der Waals surface area contributed by atoms with Gasteiger partial charge in [0.05, 0.1) is 12.8 Å². The van der Waals surface area contributed by atoms with E-state index < -0.39 is 5.91 Å². The van der Waals surface area contributed by atoms with Crippen LogP contribution in [0.3, 0.4) is 0 Å². The fourth-order valence-electron chi connectivity index (χ4n) is 2.22. The standard InChI is InChI=1S/C18H14Cl2N4O2/c19-14-5-4-13(16(20)9-14)11-24-7-6-17(23-24)18(26)22-21-10-12-2-1-3-15(25)8-12/h1-10,25H,11H2,(H,22,26)/b21-10+. The number of nitrogens with zero attached hydrogens (tertiary/aromatic N) is 3. The smallest absolute Gasteiger partial charge is 0.291 e. The van der Waals surface area contributed by atoms with Crippen LogP contribution < -0.4 is 5.43 Å². The highest BCUT2D eigenvalue weighted by Crippen LogP contribution is 2.21. The number of hydrogen-bond acceptors (Lipinski definition) is 4. The lowest BCUT2D eigenvalue weighted by molar-refractivity contribution is 0.0949. The number of nitrogens with one attached hydrogen (secondary N) is 1. The van der Waals surface area contributed by atoms with E-state index >= 15 is 0 Å². The number of phenols is 1. The van der Waals surface area contributed by atoms with Crippen LogP contribution in [0.1, 0.15) is 21.6 Å². The Kier molecular flexibility index (Phi) is 5.55. The summed E-state index contributed by atoms with van der Waals surface area (Å²) in [4.78, 5) is 12.1. The molecule has 132 valence electrons. The Morgan fingerprint density at radius 2 is 2.08 bits per heavy atom. The van der Waals surface area contributed by atoms with Crippen LogP contribution in [0.15, 0.2) is 59.8 Å².